The van der Waals surface area contributed by atoms with Gasteiger partial charge in [-0.25, -0.2) is 0 Å². The molecule has 0 unspecified atom stereocenters. The zero-order valence-corrected chi connectivity index (χ0v) is 13.8. The van der Waals surface area contributed by atoms with Gasteiger partial charge in [0.2, 0.25) is 5.78 Å². The topological polar surface area (TPSA) is 72.1 Å². The molecule has 24 heavy (non-hydrogen) atoms. The largest absolute Gasteiger partial charge is 0.423 e. The number of aromatic amines is 1. The van der Waals surface area contributed by atoms with Gasteiger partial charge in [-0.1, -0.05) is 18.6 Å². The van der Waals surface area contributed by atoms with Gasteiger partial charge >= 0.3 is 5.97 Å². The fourth-order valence-corrected chi connectivity index (χ4v) is 2.52. The first-order chi connectivity index (χ1) is 11.5. The normalized spacial score (nSPS) is 10.8. The lowest BCUT2D eigenvalue weighted by molar-refractivity contribution is -0.133. The quantitative estimate of drug-likeness (QED) is 0.587. The summed E-state index contributed by atoms with van der Waals surface area (Å²) < 4.78 is 5.46. The van der Waals surface area contributed by atoms with Gasteiger partial charge < -0.3 is 9.72 Å². The van der Waals surface area contributed by atoms with E-state index < -0.39 is 0 Å². The van der Waals surface area contributed by atoms with Crippen LogP contribution >= 0.6 is 0 Å². The van der Waals surface area contributed by atoms with E-state index in [0.717, 1.165) is 16.6 Å². The maximum Gasteiger partial charge on any atom is 0.310 e. The zero-order valence-electron chi connectivity index (χ0n) is 13.8. The smallest absolute Gasteiger partial charge is 0.310 e. The van der Waals surface area contributed by atoms with Crippen LogP contribution in [0.3, 0.4) is 0 Å². The summed E-state index contributed by atoms with van der Waals surface area (Å²) in [7, 11) is 0. The Bertz CT molecular complexity index is 941. The molecule has 0 atom stereocenters. The number of pyridine rings is 1. The Labute approximate surface area is 139 Å². The van der Waals surface area contributed by atoms with Crippen molar-refractivity contribution in [2.24, 2.45) is 0 Å². The number of fused-ring (bicyclic) bond motifs is 1. The van der Waals surface area contributed by atoms with Crippen LogP contribution in [0.4, 0.5) is 0 Å². The van der Waals surface area contributed by atoms with E-state index in [0.29, 0.717) is 11.1 Å². The number of ether oxygens (including phenoxy) is 1. The van der Waals surface area contributed by atoms with Crippen LogP contribution in [-0.2, 0) is 4.79 Å². The monoisotopic (exact) mass is 322 g/mol. The van der Waals surface area contributed by atoms with E-state index >= 15 is 0 Å². The Balaban J connectivity index is 2.17. The molecular weight excluding hydrogens is 304 g/mol. The van der Waals surface area contributed by atoms with E-state index in [-0.39, 0.29) is 29.6 Å². The molecular formula is C19H18N2O3. The van der Waals surface area contributed by atoms with Gasteiger partial charge in [0, 0.05) is 23.5 Å². The number of H-pyrrole nitrogens is 1. The first-order valence-electron chi connectivity index (χ1n) is 7.80. The maximum atomic E-state index is 12.9. The number of rotatable bonds is 4. The van der Waals surface area contributed by atoms with Crippen molar-refractivity contribution in [3.8, 4) is 5.75 Å². The Kier molecular flexibility index (Phi) is 4.16. The minimum absolute atomic E-state index is 0.231. The predicted molar refractivity (Wildman–Crippen MR) is 91.4 cm³/mol. The second-order valence-electron chi connectivity index (χ2n) is 5.75. The van der Waals surface area contributed by atoms with Crippen molar-refractivity contribution >= 4 is 22.7 Å². The van der Waals surface area contributed by atoms with Crippen LogP contribution in [-0.4, -0.2) is 21.7 Å². The van der Waals surface area contributed by atoms with Crippen molar-refractivity contribution in [1.29, 1.82) is 0 Å². The number of ketones is 1. The van der Waals surface area contributed by atoms with E-state index in [2.05, 4.69) is 9.97 Å². The minimum Gasteiger partial charge on any atom is -0.423 e. The van der Waals surface area contributed by atoms with E-state index in [4.69, 9.17) is 4.74 Å². The number of hydrogen-bond acceptors (Lipinski definition) is 4. The molecule has 0 aliphatic rings. The predicted octanol–water partition coefficient (Wildman–Crippen LogP) is 3.73. The molecule has 0 saturated carbocycles. The van der Waals surface area contributed by atoms with Crippen LogP contribution in [0.25, 0.3) is 10.9 Å². The number of aryl methyl sites for hydroxylation is 2. The van der Waals surface area contributed by atoms with Gasteiger partial charge in [0.1, 0.15) is 11.4 Å². The molecule has 1 aromatic carbocycles. The molecule has 0 saturated heterocycles. The first-order valence-corrected chi connectivity index (χ1v) is 7.80. The molecule has 2 heterocycles. The molecule has 2 aromatic heterocycles. The molecule has 0 aliphatic heterocycles. The number of esters is 1. The number of hydrogen-bond donors (Lipinski definition) is 1. The average molecular weight is 322 g/mol. The third kappa shape index (κ3) is 2.93. The summed E-state index contributed by atoms with van der Waals surface area (Å²) in [5.74, 6) is -0.413. The van der Waals surface area contributed by atoms with Gasteiger partial charge in [-0.15, -0.1) is 0 Å². The molecule has 5 nitrogen and oxygen atoms in total. The minimum atomic E-state index is -0.386. The van der Waals surface area contributed by atoms with Gasteiger partial charge in [0.05, 0.1) is 0 Å². The van der Waals surface area contributed by atoms with E-state index in [1.54, 1.807) is 19.2 Å². The molecule has 1 N–H and O–H groups in total. The molecule has 3 rings (SSSR count). The fourth-order valence-electron chi connectivity index (χ4n) is 2.52. The average Bonchev–Trinajstić information content (AvgIpc) is 2.92. The first kappa shape index (κ1) is 15.9. The highest BCUT2D eigenvalue weighted by atomic mass is 16.5. The lowest BCUT2D eigenvalue weighted by atomic mass is 10.1. The molecule has 0 bridgehead atoms. The van der Waals surface area contributed by atoms with Crippen LogP contribution in [0.1, 0.15) is 40.7 Å². The third-order valence-corrected chi connectivity index (χ3v) is 3.79. The van der Waals surface area contributed by atoms with Gasteiger partial charge in [-0.3, -0.25) is 14.6 Å². The van der Waals surface area contributed by atoms with Crippen molar-refractivity contribution in [3.05, 3.63) is 59.0 Å². The number of nitrogens with one attached hydrogen (secondary N) is 1. The van der Waals surface area contributed by atoms with Crippen LogP contribution in [0.5, 0.6) is 5.75 Å². The Morgan fingerprint density at radius 3 is 2.58 bits per heavy atom. The highest BCUT2D eigenvalue weighted by Crippen LogP contribution is 2.32. The standard InChI is InChI=1S/C19H18N2O3/c1-4-16(22)24-19-13-9-11(2)5-6-14(13)21-17(19)18(23)15-10-12(3)7-8-20-15/h5-10,21H,4H2,1-3H3. The number of benzene rings is 1. The molecule has 122 valence electrons. The number of nitrogens with zero attached hydrogens (tertiary/aromatic N) is 1. The highest BCUT2D eigenvalue weighted by Gasteiger charge is 2.23. The lowest BCUT2D eigenvalue weighted by Crippen LogP contribution is -2.11. The number of aromatic nitrogens is 2. The Hall–Kier alpha value is -2.95. The molecule has 0 amide bonds. The van der Waals surface area contributed by atoms with Crippen LogP contribution < -0.4 is 4.74 Å². The third-order valence-electron chi connectivity index (χ3n) is 3.79. The lowest BCUT2D eigenvalue weighted by Gasteiger charge is -2.05. The van der Waals surface area contributed by atoms with Crippen molar-refractivity contribution in [2.45, 2.75) is 27.2 Å². The van der Waals surface area contributed by atoms with Gasteiger partial charge in [0.25, 0.3) is 0 Å². The number of carbonyl (C=O) groups excluding carboxylic acids is 2. The molecule has 5 heteroatoms. The van der Waals surface area contributed by atoms with E-state index in [9.17, 15) is 9.59 Å². The summed E-state index contributed by atoms with van der Waals surface area (Å²) in [6.07, 6.45) is 1.82. The van der Waals surface area contributed by atoms with E-state index in [1.165, 1.54) is 0 Å². The van der Waals surface area contributed by atoms with Crippen molar-refractivity contribution in [2.75, 3.05) is 0 Å². The van der Waals surface area contributed by atoms with Crippen LogP contribution in [0.2, 0.25) is 0 Å². The zero-order chi connectivity index (χ0) is 17.3. The number of carbonyl (C=O) groups is 2. The molecule has 0 radical (unpaired) electrons. The summed E-state index contributed by atoms with van der Waals surface area (Å²) in [6, 6.07) is 9.23. The molecule has 0 spiro atoms. The molecule has 0 fully saturated rings. The van der Waals surface area contributed by atoms with Gasteiger partial charge in [0.15, 0.2) is 5.75 Å². The summed E-state index contributed by atoms with van der Waals surface area (Å²) >= 11 is 0. The highest BCUT2D eigenvalue weighted by molar-refractivity contribution is 6.13. The Morgan fingerprint density at radius 2 is 1.88 bits per heavy atom. The van der Waals surface area contributed by atoms with Crippen LogP contribution in [0.15, 0.2) is 36.5 Å². The summed E-state index contributed by atoms with van der Waals surface area (Å²) in [5, 5.41) is 0.716. The second-order valence-corrected chi connectivity index (χ2v) is 5.75. The maximum absolute atomic E-state index is 12.9. The SMILES string of the molecule is CCC(=O)Oc1c(C(=O)c2cc(C)ccn2)[nH]c2ccc(C)cc12. The molecule has 0 aliphatic carbocycles. The summed E-state index contributed by atoms with van der Waals surface area (Å²) in [4.78, 5) is 31.9. The van der Waals surface area contributed by atoms with E-state index in [1.807, 2.05) is 38.1 Å². The fraction of sp³-hybridized carbons (Fsp3) is 0.211. The second kappa shape index (κ2) is 6.28. The van der Waals surface area contributed by atoms with Crippen LogP contribution in [0, 0.1) is 13.8 Å². The molecule has 3 aromatic rings. The summed E-state index contributed by atoms with van der Waals surface area (Å²) in [5.41, 5.74) is 3.26. The van der Waals surface area contributed by atoms with Crippen molar-refractivity contribution in [3.63, 3.8) is 0 Å². The van der Waals surface area contributed by atoms with Crippen molar-refractivity contribution in [1.82, 2.24) is 9.97 Å². The van der Waals surface area contributed by atoms with Gasteiger partial charge in [-0.2, -0.15) is 0 Å². The van der Waals surface area contributed by atoms with Gasteiger partial charge in [-0.05, 0) is 43.7 Å². The Morgan fingerprint density at radius 1 is 1.12 bits per heavy atom. The van der Waals surface area contributed by atoms with Crippen molar-refractivity contribution < 1.29 is 14.3 Å². The summed E-state index contributed by atoms with van der Waals surface area (Å²) in [6.45, 7) is 5.55.